The zero-order valence-electron chi connectivity index (χ0n) is 20.5. The number of aliphatic carboxylic acids is 2. The number of hydrogen-bond donors (Lipinski definition) is 2. The Morgan fingerprint density at radius 1 is 0.621 bits per heavy atom. The van der Waals surface area contributed by atoms with E-state index in [1.165, 1.54) is 10.2 Å². The van der Waals surface area contributed by atoms with Gasteiger partial charge in [0, 0.05) is 10.2 Å². The van der Waals surface area contributed by atoms with Crippen LogP contribution in [-0.4, -0.2) is 106 Å². The fourth-order valence-corrected chi connectivity index (χ4v) is 22.3. The second kappa shape index (κ2) is 10.8. The summed E-state index contributed by atoms with van der Waals surface area (Å²) in [4.78, 5) is 24.1. The molecule has 4 nitrogen and oxygen atoms in total. The van der Waals surface area contributed by atoms with Crippen molar-refractivity contribution in [2.75, 3.05) is 84.2 Å². The monoisotopic (exact) mass is 492 g/mol. The third-order valence-electron chi connectivity index (χ3n) is 4.76. The molecular formula is C21H48O4S4. The summed E-state index contributed by atoms with van der Waals surface area (Å²) in [6.07, 6.45) is 24.9. The molecule has 2 N–H and O–H groups in total. The van der Waals surface area contributed by atoms with Crippen LogP contribution in [0.1, 0.15) is 25.7 Å². The van der Waals surface area contributed by atoms with Gasteiger partial charge < -0.3 is 10.2 Å². The Hall–Kier alpha value is 0.340. The van der Waals surface area contributed by atoms with E-state index in [4.69, 9.17) is 0 Å². The molecule has 0 atom stereocenters. The van der Waals surface area contributed by atoms with Crippen LogP contribution in [0.5, 0.6) is 0 Å². The molecule has 29 heavy (non-hydrogen) atoms. The quantitative estimate of drug-likeness (QED) is 0.330. The van der Waals surface area contributed by atoms with Crippen molar-refractivity contribution in [1.29, 1.82) is 0 Å². The Morgan fingerprint density at radius 3 is 1.10 bits per heavy atom. The minimum absolute atomic E-state index is 0.244. The van der Waals surface area contributed by atoms with Gasteiger partial charge in [-0.2, -0.15) is 0 Å². The highest BCUT2D eigenvalue weighted by Crippen LogP contribution is 2.55. The first kappa shape index (κ1) is 29.3. The van der Waals surface area contributed by atoms with E-state index in [-0.39, 0.29) is 12.8 Å². The number of rotatable bonds is 14. The fourth-order valence-electron chi connectivity index (χ4n) is 4.21. The van der Waals surface area contributed by atoms with Crippen LogP contribution in [0.25, 0.3) is 0 Å². The van der Waals surface area contributed by atoms with E-state index < -0.39 is 57.5 Å². The average Bonchev–Trinajstić information content (AvgIpc) is 2.39. The normalized spacial score (nSPS) is 16.3. The third kappa shape index (κ3) is 12.1. The molecular weight excluding hydrogens is 444 g/mol. The smallest absolute Gasteiger partial charge is 0.321 e. The van der Waals surface area contributed by atoms with Crippen LogP contribution >= 0.6 is 40.1 Å². The van der Waals surface area contributed by atoms with E-state index in [0.29, 0.717) is 12.8 Å². The molecule has 8 heteroatoms. The van der Waals surface area contributed by atoms with Crippen molar-refractivity contribution < 1.29 is 19.8 Å². The maximum atomic E-state index is 12.1. The van der Waals surface area contributed by atoms with Crippen LogP contribution < -0.4 is 0 Å². The highest BCUT2D eigenvalue weighted by Gasteiger charge is 2.45. The van der Waals surface area contributed by atoms with Crippen molar-refractivity contribution in [3.8, 4) is 0 Å². The van der Waals surface area contributed by atoms with E-state index in [1.54, 1.807) is 0 Å². The van der Waals surface area contributed by atoms with E-state index in [2.05, 4.69) is 62.6 Å². The molecule has 0 spiro atoms. The number of carboxylic acids is 2. The van der Waals surface area contributed by atoms with Crippen molar-refractivity contribution in [2.24, 2.45) is 5.41 Å². The third-order valence-corrected chi connectivity index (χ3v) is 18.3. The molecule has 0 bridgehead atoms. The summed E-state index contributed by atoms with van der Waals surface area (Å²) < 4.78 is 0. The van der Waals surface area contributed by atoms with Gasteiger partial charge in [-0.15, -0.1) is 0 Å². The van der Waals surface area contributed by atoms with Crippen molar-refractivity contribution in [2.45, 2.75) is 25.7 Å². The van der Waals surface area contributed by atoms with Gasteiger partial charge in [0.25, 0.3) is 0 Å². The Morgan fingerprint density at radius 2 is 0.897 bits per heavy atom. The van der Waals surface area contributed by atoms with Crippen molar-refractivity contribution in [3.63, 3.8) is 0 Å². The predicted octanol–water partition coefficient (Wildman–Crippen LogP) is 5.13. The molecule has 0 rings (SSSR count). The van der Waals surface area contributed by atoms with E-state index in [1.807, 2.05) is 0 Å². The van der Waals surface area contributed by atoms with Gasteiger partial charge >= 0.3 is 11.9 Å². The molecule has 0 saturated carbocycles. The first-order chi connectivity index (χ1) is 12.7. The van der Waals surface area contributed by atoms with E-state index >= 15 is 0 Å². The topological polar surface area (TPSA) is 74.6 Å². The summed E-state index contributed by atoms with van der Waals surface area (Å²) in [6, 6.07) is 0. The fraction of sp³-hybridized carbons (Fsp3) is 0.905. The average molecular weight is 493 g/mol. The Bertz CT molecular complexity index is 510. The van der Waals surface area contributed by atoms with Crippen molar-refractivity contribution in [1.82, 2.24) is 0 Å². The van der Waals surface area contributed by atoms with Crippen molar-refractivity contribution in [3.05, 3.63) is 0 Å². The van der Waals surface area contributed by atoms with Crippen LogP contribution in [0, 0.1) is 5.41 Å². The molecule has 0 amide bonds. The zero-order chi connectivity index (χ0) is 23.3. The standard InChI is InChI=1S/C21H48O4S4/c1-26(2,3)17-28(7,8)15-11-13-21(19(22)23,20(24)25)14-12-16-29(9,10)18-27(4,5)6/h11-18H2,1-10H3,(H,22,23)(H,24,25). The molecule has 0 unspecified atom stereocenters. The lowest BCUT2D eigenvalue weighted by Gasteiger charge is -2.41. The highest BCUT2D eigenvalue weighted by atomic mass is 32.3. The lowest BCUT2D eigenvalue weighted by molar-refractivity contribution is -0.166. The molecule has 0 aliphatic heterocycles. The molecule has 0 aromatic rings. The SMILES string of the molecule is CS(C)(C)CS(C)(C)CCCC(CCCS(C)(C)CS(C)(C)C)(C(=O)O)C(=O)O. The Balaban J connectivity index is 5.09. The van der Waals surface area contributed by atoms with Crippen molar-refractivity contribution >= 4 is 52.1 Å². The Kier molecular flexibility index (Phi) is 10.9. The van der Waals surface area contributed by atoms with Gasteiger partial charge in [0.05, 0.1) is 0 Å². The number of hydrogen-bond acceptors (Lipinski definition) is 2. The molecule has 0 heterocycles. The summed E-state index contributed by atoms with van der Waals surface area (Å²) in [7, 11) is -2.87. The molecule has 0 saturated heterocycles. The minimum Gasteiger partial charge on any atom is -0.480 e. The second-order valence-electron chi connectivity index (χ2n) is 11.3. The summed E-state index contributed by atoms with van der Waals surface area (Å²) in [5, 5.41) is 22.1. The second-order valence-corrected chi connectivity index (χ2v) is 29.4. The van der Waals surface area contributed by atoms with Crippen LogP contribution in [0.15, 0.2) is 0 Å². The van der Waals surface area contributed by atoms with Gasteiger partial charge in [-0.25, -0.2) is 40.1 Å². The maximum absolute atomic E-state index is 12.1. The zero-order valence-corrected chi connectivity index (χ0v) is 23.8. The largest absolute Gasteiger partial charge is 0.480 e. The van der Waals surface area contributed by atoms with E-state index in [9.17, 15) is 19.8 Å². The van der Waals surface area contributed by atoms with Gasteiger partial charge in [0.1, 0.15) is 0 Å². The first-order valence-electron chi connectivity index (χ1n) is 9.88. The van der Waals surface area contributed by atoms with Crippen LogP contribution in [0.4, 0.5) is 0 Å². The molecule has 0 radical (unpaired) electrons. The molecule has 0 aliphatic rings. The summed E-state index contributed by atoms with van der Waals surface area (Å²) >= 11 is 0. The van der Waals surface area contributed by atoms with Gasteiger partial charge in [-0.3, -0.25) is 9.59 Å². The lowest BCUT2D eigenvalue weighted by Crippen LogP contribution is -2.40. The molecule has 0 aromatic carbocycles. The summed E-state index contributed by atoms with van der Waals surface area (Å²) in [5.74, 6) is -0.421. The number of carboxylic acid groups (broad SMARTS) is 2. The molecule has 0 aliphatic carbocycles. The predicted molar refractivity (Wildman–Crippen MR) is 145 cm³/mol. The molecule has 0 fully saturated rings. The summed E-state index contributed by atoms with van der Waals surface area (Å²) in [6.45, 7) is 0. The highest BCUT2D eigenvalue weighted by molar-refractivity contribution is 8.48. The minimum atomic E-state index is -1.63. The van der Waals surface area contributed by atoms with E-state index in [0.717, 1.165) is 11.5 Å². The van der Waals surface area contributed by atoms with Crippen LogP contribution in [-0.2, 0) is 9.59 Å². The lowest BCUT2D eigenvalue weighted by atomic mass is 9.79. The molecule has 180 valence electrons. The summed E-state index contributed by atoms with van der Waals surface area (Å²) in [5.41, 5.74) is -1.63. The first-order valence-corrected chi connectivity index (χ1v) is 21.5. The maximum Gasteiger partial charge on any atom is 0.321 e. The van der Waals surface area contributed by atoms with Crippen LogP contribution in [0.2, 0.25) is 0 Å². The Labute approximate surface area is 186 Å². The van der Waals surface area contributed by atoms with Crippen LogP contribution in [0.3, 0.4) is 0 Å². The van der Waals surface area contributed by atoms with Gasteiger partial charge in [-0.1, -0.05) is 0 Å². The van der Waals surface area contributed by atoms with Gasteiger partial charge in [0.2, 0.25) is 0 Å². The van der Waals surface area contributed by atoms with Gasteiger partial charge in [-0.05, 0) is 99.7 Å². The number of carbonyl (C=O) groups is 2. The van der Waals surface area contributed by atoms with Gasteiger partial charge in [0.15, 0.2) is 5.41 Å². The molecule has 0 aromatic heterocycles.